The predicted octanol–water partition coefficient (Wildman–Crippen LogP) is 2.58. The summed E-state index contributed by atoms with van der Waals surface area (Å²) in [5.74, 6) is -0.273. The molecule has 1 aromatic heterocycles. The molecule has 2 rings (SSSR count). The molecule has 0 radical (unpaired) electrons. The normalized spacial score (nSPS) is 10.8. The Morgan fingerprint density at radius 2 is 2.35 bits per heavy atom. The number of carboxylic acids is 1. The molecule has 5 heteroatoms. The highest BCUT2D eigenvalue weighted by atomic mass is 16.5. The monoisotopic (exact) mass is 272 g/mol. The molecule has 0 aliphatic heterocycles. The second-order valence-electron chi connectivity index (χ2n) is 4.24. The van der Waals surface area contributed by atoms with E-state index in [1.165, 1.54) is 6.08 Å². The van der Waals surface area contributed by atoms with Gasteiger partial charge in [0.15, 0.2) is 0 Å². The molecule has 0 bridgehead atoms. The number of carbonyl (C=O) groups is 1. The van der Waals surface area contributed by atoms with Crippen molar-refractivity contribution >= 4 is 12.0 Å². The lowest BCUT2D eigenvalue weighted by molar-refractivity contribution is -0.131. The molecule has 0 unspecified atom stereocenters. The molecule has 0 saturated carbocycles. The van der Waals surface area contributed by atoms with Crippen LogP contribution in [0.15, 0.2) is 42.7 Å². The van der Waals surface area contributed by atoms with E-state index in [0.29, 0.717) is 12.4 Å². The van der Waals surface area contributed by atoms with Gasteiger partial charge in [-0.1, -0.05) is 12.1 Å². The first-order valence-electron chi connectivity index (χ1n) is 6.32. The molecule has 0 aliphatic carbocycles. The number of aryl methyl sites for hydroxylation is 1. The van der Waals surface area contributed by atoms with Crippen molar-refractivity contribution in [3.05, 3.63) is 53.9 Å². The number of hydrogen-bond acceptors (Lipinski definition) is 3. The summed E-state index contributed by atoms with van der Waals surface area (Å²) in [5.41, 5.74) is 1.78. The van der Waals surface area contributed by atoms with Crippen molar-refractivity contribution in [2.75, 3.05) is 0 Å². The molecular weight excluding hydrogens is 256 g/mol. The van der Waals surface area contributed by atoms with Gasteiger partial charge in [0.1, 0.15) is 12.4 Å². The van der Waals surface area contributed by atoms with E-state index in [1.54, 1.807) is 12.3 Å². The van der Waals surface area contributed by atoms with Gasteiger partial charge < -0.3 is 9.84 Å². The van der Waals surface area contributed by atoms with Crippen molar-refractivity contribution in [1.82, 2.24) is 9.78 Å². The third-order valence-corrected chi connectivity index (χ3v) is 2.69. The van der Waals surface area contributed by atoms with Gasteiger partial charge in [0.05, 0.1) is 6.20 Å². The van der Waals surface area contributed by atoms with E-state index in [1.807, 2.05) is 36.0 Å². The molecule has 1 N–H and O–H groups in total. The van der Waals surface area contributed by atoms with Gasteiger partial charge in [-0.25, -0.2) is 4.79 Å². The van der Waals surface area contributed by atoms with E-state index in [-0.39, 0.29) is 0 Å². The average Bonchev–Trinajstić information content (AvgIpc) is 2.91. The molecular formula is C15H16N2O3. The molecule has 20 heavy (non-hydrogen) atoms. The van der Waals surface area contributed by atoms with E-state index in [9.17, 15) is 4.79 Å². The van der Waals surface area contributed by atoms with Crippen LogP contribution < -0.4 is 4.74 Å². The van der Waals surface area contributed by atoms with Gasteiger partial charge >= 0.3 is 5.97 Å². The van der Waals surface area contributed by atoms with Gasteiger partial charge in [0.25, 0.3) is 0 Å². The van der Waals surface area contributed by atoms with E-state index in [2.05, 4.69) is 5.10 Å². The van der Waals surface area contributed by atoms with Crippen molar-refractivity contribution in [3.8, 4) is 5.75 Å². The van der Waals surface area contributed by atoms with Crippen molar-refractivity contribution in [3.63, 3.8) is 0 Å². The molecule has 1 aromatic carbocycles. The molecule has 5 nitrogen and oxygen atoms in total. The predicted molar refractivity (Wildman–Crippen MR) is 75.3 cm³/mol. The number of carboxylic acid groups (broad SMARTS) is 1. The van der Waals surface area contributed by atoms with Gasteiger partial charge in [0, 0.05) is 24.4 Å². The first kappa shape index (κ1) is 13.9. The zero-order chi connectivity index (χ0) is 14.4. The Kier molecular flexibility index (Phi) is 4.55. The molecule has 0 atom stereocenters. The van der Waals surface area contributed by atoms with Crippen molar-refractivity contribution in [1.29, 1.82) is 0 Å². The Hall–Kier alpha value is -2.56. The van der Waals surface area contributed by atoms with Crippen LogP contribution in [0.5, 0.6) is 5.75 Å². The van der Waals surface area contributed by atoms with E-state index in [4.69, 9.17) is 9.84 Å². The molecule has 104 valence electrons. The van der Waals surface area contributed by atoms with Crippen molar-refractivity contribution < 1.29 is 14.6 Å². The van der Waals surface area contributed by atoms with Crippen LogP contribution in [0, 0.1) is 0 Å². The zero-order valence-electron chi connectivity index (χ0n) is 11.2. The van der Waals surface area contributed by atoms with Crippen molar-refractivity contribution in [2.24, 2.45) is 0 Å². The fraction of sp³-hybridized carbons (Fsp3) is 0.200. The topological polar surface area (TPSA) is 64.3 Å². The fourth-order valence-corrected chi connectivity index (χ4v) is 1.70. The Morgan fingerprint density at radius 3 is 3.05 bits per heavy atom. The summed E-state index contributed by atoms with van der Waals surface area (Å²) in [6, 6.07) is 7.28. The lowest BCUT2D eigenvalue weighted by atomic mass is 10.2. The van der Waals surface area contributed by atoms with Crippen LogP contribution in [0.25, 0.3) is 6.08 Å². The van der Waals surface area contributed by atoms with Crippen LogP contribution in [0.3, 0.4) is 0 Å². The summed E-state index contributed by atoms with van der Waals surface area (Å²) in [5, 5.41) is 12.8. The second-order valence-corrected chi connectivity index (χ2v) is 4.24. The summed E-state index contributed by atoms with van der Waals surface area (Å²) >= 11 is 0. The number of ether oxygens (including phenoxy) is 1. The van der Waals surface area contributed by atoms with Crippen LogP contribution in [-0.2, 0) is 17.9 Å². The number of aliphatic carboxylic acids is 1. The summed E-state index contributed by atoms with van der Waals surface area (Å²) in [7, 11) is 0. The third-order valence-electron chi connectivity index (χ3n) is 2.69. The molecule has 1 heterocycles. The smallest absolute Gasteiger partial charge is 0.328 e. The first-order chi connectivity index (χ1) is 9.67. The van der Waals surface area contributed by atoms with Gasteiger partial charge in [-0.15, -0.1) is 0 Å². The average molecular weight is 272 g/mol. The summed E-state index contributed by atoms with van der Waals surface area (Å²) in [4.78, 5) is 10.5. The molecule has 0 fully saturated rings. The number of hydrogen-bond donors (Lipinski definition) is 1. The Bertz CT molecular complexity index is 617. The van der Waals surface area contributed by atoms with Gasteiger partial charge in [0.2, 0.25) is 0 Å². The minimum Gasteiger partial charge on any atom is -0.489 e. The minimum atomic E-state index is -0.969. The van der Waals surface area contributed by atoms with E-state index < -0.39 is 5.97 Å². The number of benzene rings is 1. The van der Waals surface area contributed by atoms with Crippen LogP contribution in [-0.4, -0.2) is 20.9 Å². The number of aromatic nitrogens is 2. The van der Waals surface area contributed by atoms with Gasteiger partial charge in [-0.3, -0.25) is 4.68 Å². The first-order valence-corrected chi connectivity index (χ1v) is 6.32. The number of nitrogens with zero attached hydrogens (tertiary/aromatic N) is 2. The van der Waals surface area contributed by atoms with Gasteiger partial charge in [-0.2, -0.15) is 5.10 Å². The quantitative estimate of drug-likeness (QED) is 0.821. The molecule has 0 saturated heterocycles. The third kappa shape index (κ3) is 3.98. The molecule has 0 amide bonds. The van der Waals surface area contributed by atoms with Crippen LogP contribution in [0.1, 0.15) is 18.1 Å². The maximum atomic E-state index is 10.5. The SMILES string of the molecule is CCn1cc(COc2cccc(C=CC(=O)O)c2)cn1. The van der Waals surface area contributed by atoms with Crippen molar-refractivity contribution in [2.45, 2.75) is 20.1 Å². The minimum absolute atomic E-state index is 0.437. The molecule has 2 aromatic rings. The summed E-state index contributed by atoms with van der Waals surface area (Å²) in [6.45, 7) is 3.29. The standard InChI is InChI=1S/C15H16N2O3/c1-2-17-10-13(9-16-17)11-20-14-5-3-4-12(8-14)6-7-15(18)19/h3-10H,2,11H2,1H3,(H,18,19). The maximum absolute atomic E-state index is 10.5. The molecule has 0 aliphatic rings. The maximum Gasteiger partial charge on any atom is 0.328 e. The lowest BCUT2D eigenvalue weighted by Gasteiger charge is -2.05. The fourth-order valence-electron chi connectivity index (χ4n) is 1.70. The van der Waals surface area contributed by atoms with Crippen LogP contribution in [0.4, 0.5) is 0 Å². The summed E-state index contributed by atoms with van der Waals surface area (Å²) < 4.78 is 7.50. The number of rotatable bonds is 6. The molecule has 0 spiro atoms. The Morgan fingerprint density at radius 1 is 1.50 bits per heavy atom. The summed E-state index contributed by atoms with van der Waals surface area (Å²) in [6.07, 6.45) is 6.35. The zero-order valence-corrected chi connectivity index (χ0v) is 11.2. The van der Waals surface area contributed by atoms with E-state index >= 15 is 0 Å². The Balaban J connectivity index is 1.99. The Labute approximate surface area is 117 Å². The highest BCUT2D eigenvalue weighted by Crippen LogP contribution is 2.16. The highest BCUT2D eigenvalue weighted by molar-refractivity contribution is 5.85. The highest BCUT2D eigenvalue weighted by Gasteiger charge is 2.00. The van der Waals surface area contributed by atoms with Crippen LogP contribution >= 0.6 is 0 Å². The van der Waals surface area contributed by atoms with E-state index in [0.717, 1.165) is 23.7 Å². The van der Waals surface area contributed by atoms with Crippen LogP contribution in [0.2, 0.25) is 0 Å². The lowest BCUT2D eigenvalue weighted by Crippen LogP contribution is -1.95. The second kappa shape index (κ2) is 6.56. The largest absolute Gasteiger partial charge is 0.489 e. The van der Waals surface area contributed by atoms with Gasteiger partial charge in [-0.05, 0) is 30.7 Å².